The van der Waals surface area contributed by atoms with Crippen molar-refractivity contribution >= 4 is 15.9 Å². The van der Waals surface area contributed by atoms with E-state index < -0.39 is 10.0 Å². The van der Waals surface area contributed by atoms with Crippen molar-refractivity contribution in [2.75, 3.05) is 13.1 Å². The molecule has 1 N–H and O–H groups in total. The molecule has 2 aromatic rings. The Hall–Kier alpha value is -2.18. The molecule has 1 amide bonds. The number of hydrogen-bond donors (Lipinski definition) is 1. The molecule has 150 valence electrons. The molecular weight excluding hydrogens is 372 g/mol. The van der Waals surface area contributed by atoms with Gasteiger partial charge in [0.25, 0.3) is 0 Å². The molecular formula is C22H28N2O3S. The molecule has 0 unspecified atom stereocenters. The van der Waals surface area contributed by atoms with Crippen LogP contribution in [-0.4, -0.2) is 38.4 Å². The number of rotatable bonds is 6. The Labute approximate surface area is 167 Å². The smallest absolute Gasteiger partial charge is 0.241 e. The Kier molecular flexibility index (Phi) is 6.52. The number of aryl methyl sites for hydroxylation is 3. The van der Waals surface area contributed by atoms with Crippen molar-refractivity contribution in [3.05, 3.63) is 65.2 Å². The first-order valence-corrected chi connectivity index (χ1v) is 11.2. The summed E-state index contributed by atoms with van der Waals surface area (Å²) in [5.41, 5.74) is 2.82. The van der Waals surface area contributed by atoms with E-state index in [2.05, 4.69) is 4.72 Å². The van der Waals surface area contributed by atoms with Crippen molar-refractivity contribution in [1.29, 1.82) is 0 Å². The number of nitrogens with zero attached hydrogens (tertiary/aromatic N) is 1. The molecule has 0 radical (unpaired) electrons. The number of hydrogen-bond acceptors (Lipinski definition) is 3. The van der Waals surface area contributed by atoms with Crippen LogP contribution in [0.2, 0.25) is 0 Å². The van der Waals surface area contributed by atoms with E-state index in [0.29, 0.717) is 37.2 Å². The molecule has 0 bridgehead atoms. The number of nitrogens with one attached hydrogen (secondary N) is 1. The molecule has 0 saturated carbocycles. The Morgan fingerprint density at radius 3 is 2.43 bits per heavy atom. The predicted molar refractivity (Wildman–Crippen MR) is 111 cm³/mol. The van der Waals surface area contributed by atoms with Gasteiger partial charge in [-0.1, -0.05) is 42.5 Å². The van der Waals surface area contributed by atoms with E-state index in [1.165, 1.54) is 0 Å². The summed E-state index contributed by atoms with van der Waals surface area (Å²) in [6, 6.07) is 15.3. The average Bonchev–Trinajstić information content (AvgIpc) is 2.69. The van der Waals surface area contributed by atoms with E-state index in [9.17, 15) is 13.2 Å². The number of sulfonamides is 1. The van der Waals surface area contributed by atoms with Gasteiger partial charge in [0.1, 0.15) is 0 Å². The maximum Gasteiger partial charge on any atom is 0.241 e. The van der Waals surface area contributed by atoms with Gasteiger partial charge in [0, 0.05) is 25.6 Å². The van der Waals surface area contributed by atoms with Crippen LogP contribution in [0, 0.1) is 13.8 Å². The first-order valence-electron chi connectivity index (χ1n) is 9.76. The van der Waals surface area contributed by atoms with Crippen LogP contribution >= 0.6 is 0 Å². The van der Waals surface area contributed by atoms with Gasteiger partial charge in [-0.2, -0.15) is 0 Å². The third kappa shape index (κ3) is 5.20. The van der Waals surface area contributed by atoms with Gasteiger partial charge >= 0.3 is 0 Å². The zero-order valence-electron chi connectivity index (χ0n) is 16.5. The van der Waals surface area contributed by atoms with Crippen LogP contribution in [-0.2, 0) is 21.2 Å². The Morgan fingerprint density at radius 1 is 1.07 bits per heavy atom. The normalized spacial score (nSPS) is 15.6. The third-order valence-corrected chi connectivity index (χ3v) is 6.94. The third-order valence-electron chi connectivity index (χ3n) is 5.27. The van der Waals surface area contributed by atoms with Gasteiger partial charge in [0.15, 0.2) is 0 Å². The lowest BCUT2D eigenvalue weighted by Crippen LogP contribution is -2.46. The minimum Gasteiger partial charge on any atom is -0.343 e. The molecule has 0 spiro atoms. The van der Waals surface area contributed by atoms with E-state index in [-0.39, 0.29) is 11.9 Å². The fourth-order valence-electron chi connectivity index (χ4n) is 3.58. The topological polar surface area (TPSA) is 66.5 Å². The van der Waals surface area contributed by atoms with Crippen molar-refractivity contribution in [1.82, 2.24) is 9.62 Å². The van der Waals surface area contributed by atoms with Gasteiger partial charge in [0.05, 0.1) is 4.90 Å². The lowest BCUT2D eigenvalue weighted by Gasteiger charge is -2.32. The van der Waals surface area contributed by atoms with E-state index in [0.717, 1.165) is 23.1 Å². The van der Waals surface area contributed by atoms with Crippen LogP contribution in [0.5, 0.6) is 0 Å². The lowest BCUT2D eigenvalue weighted by atomic mass is 10.0. The van der Waals surface area contributed by atoms with Crippen molar-refractivity contribution in [3.8, 4) is 0 Å². The van der Waals surface area contributed by atoms with Crippen LogP contribution in [0.4, 0.5) is 0 Å². The van der Waals surface area contributed by atoms with Crippen LogP contribution in [0.15, 0.2) is 53.4 Å². The van der Waals surface area contributed by atoms with Crippen LogP contribution in [0.25, 0.3) is 0 Å². The molecule has 5 nitrogen and oxygen atoms in total. The molecule has 3 rings (SSSR count). The molecule has 0 atom stereocenters. The van der Waals surface area contributed by atoms with Crippen LogP contribution in [0.1, 0.15) is 36.0 Å². The highest BCUT2D eigenvalue weighted by atomic mass is 32.2. The summed E-state index contributed by atoms with van der Waals surface area (Å²) < 4.78 is 28.3. The highest BCUT2D eigenvalue weighted by molar-refractivity contribution is 7.89. The predicted octanol–water partition coefficient (Wildman–Crippen LogP) is 3.21. The zero-order chi connectivity index (χ0) is 20.1. The number of carbonyl (C=O) groups is 1. The number of carbonyl (C=O) groups excluding carboxylic acids is 1. The fraction of sp³-hybridized carbons (Fsp3) is 0.409. The zero-order valence-corrected chi connectivity index (χ0v) is 17.3. The maximum atomic E-state index is 12.8. The van der Waals surface area contributed by atoms with Crippen molar-refractivity contribution in [2.45, 2.75) is 50.5 Å². The van der Waals surface area contributed by atoms with Crippen LogP contribution in [0.3, 0.4) is 0 Å². The Morgan fingerprint density at radius 2 is 1.75 bits per heavy atom. The molecule has 1 fully saturated rings. The van der Waals surface area contributed by atoms with E-state index in [1.54, 1.807) is 6.07 Å². The minimum atomic E-state index is -3.55. The van der Waals surface area contributed by atoms with Gasteiger partial charge in [-0.25, -0.2) is 13.1 Å². The summed E-state index contributed by atoms with van der Waals surface area (Å²) in [4.78, 5) is 14.6. The molecule has 0 aromatic heterocycles. The quantitative estimate of drug-likeness (QED) is 0.810. The highest BCUT2D eigenvalue weighted by Crippen LogP contribution is 2.20. The molecule has 1 aliphatic rings. The molecule has 2 aromatic carbocycles. The molecule has 1 aliphatic heterocycles. The van der Waals surface area contributed by atoms with Gasteiger partial charge in [-0.15, -0.1) is 0 Å². The Bertz CT molecular complexity index is 918. The SMILES string of the molecule is Cc1ccc(C)c(S(=O)(=O)NC2CCN(C(=O)CCc3ccccc3)CC2)c1. The first-order chi connectivity index (χ1) is 13.3. The van der Waals surface area contributed by atoms with Crippen molar-refractivity contribution < 1.29 is 13.2 Å². The molecule has 1 saturated heterocycles. The second kappa shape index (κ2) is 8.88. The number of piperidine rings is 1. The van der Waals surface area contributed by atoms with E-state index in [1.807, 2.05) is 61.2 Å². The van der Waals surface area contributed by atoms with Crippen LogP contribution < -0.4 is 4.72 Å². The van der Waals surface area contributed by atoms with Gasteiger partial charge < -0.3 is 4.90 Å². The summed E-state index contributed by atoms with van der Waals surface area (Å²) in [5.74, 6) is 0.139. The summed E-state index contributed by atoms with van der Waals surface area (Å²) >= 11 is 0. The molecule has 1 heterocycles. The van der Waals surface area contributed by atoms with Gasteiger partial charge in [0.2, 0.25) is 15.9 Å². The number of amides is 1. The Balaban J connectivity index is 1.52. The summed E-state index contributed by atoms with van der Waals surface area (Å²) in [6.45, 7) is 4.88. The fourth-order valence-corrected chi connectivity index (χ4v) is 5.21. The largest absolute Gasteiger partial charge is 0.343 e. The maximum absolute atomic E-state index is 12.8. The lowest BCUT2D eigenvalue weighted by molar-refractivity contribution is -0.132. The van der Waals surface area contributed by atoms with E-state index in [4.69, 9.17) is 0 Å². The van der Waals surface area contributed by atoms with Crippen molar-refractivity contribution in [3.63, 3.8) is 0 Å². The second-order valence-corrected chi connectivity index (χ2v) is 9.21. The molecule has 28 heavy (non-hydrogen) atoms. The molecule has 0 aliphatic carbocycles. The summed E-state index contributed by atoms with van der Waals surface area (Å²) in [7, 11) is -3.55. The van der Waals surface area contributed by atoms with E-state index >= 15 is 0 Å². The molecule has 6 heteroatoms. The summed E-state index contributed by atoms with van der Waals surface area (Å²) in [6.07, 6.45) is 2.50. The first kappa shape index (κ1) is 20.6. The highest BCUT2D eigenvalue weighted by Gasteiger charge is 2.27. The standard InChI is InChI=1S/C22H28N2O3S/c1-17-8-9-18(2)21(16-17)28(26,27)23-20-12-14-24(15-13-20)22(25)11-10-19-6-4-3-5-7-19/h3-9,16,20,23H,10-15H2,1-2H3. The van der Waals surface area contributed by atoms with Gasteiger partial charge in [-0.05, 0) is 55.9 Å². The van der Waals surface area contributed by atoms with Crippen molar-refractivity contribution in [2.24, 2.45) is 0 Å². The summed E-state index contributed by atoms with van der Waals surface area (Å²) in [5, 5.41) is 0. The minimum absolute atomic E-state index is 0.136. The monoisotopic (exact) mass is 400 g/mol. The number of benzene rings is 2. The average molecular weight is 401 g/mol. The number of likely N-dealkylation sites (tertiary alicyclic amines) is 1. The second-order valence-electron chi connectivity index (χ2n) is 7.53. The van der Waals surface area contributed by atoms with Gasteiger partial charge in [-0.3, -0.25) is 4.79 Å².